The Kier molecular flexibility index (Phi) is 4.81. The van der Waals surface area contributed by atoms with Crippen LogP contribution in [0.15, 0.2) is 53.4 Å². The molecule has 2 aromatic rings. The van der Waals surface area contributed by atoms with Crippen LogP contribution in [-0.2, 0) is 16.4 Å². The molecule has 3 rings (SSSR count). The van der Waals surface area contributed by atoms with Crippen molar-refractivity contribution in [3.63, 3.8) is 0 Å². The maximum atomic E-state index is 13.0. The van der Waals surface area contributed by atoms with Crippen molar-refractivity contribution in [2.45, 2.75) is 25.2 Å². The number of carbonyl (C=O) groups excluding carboxylic acids is 1. The van der Waals surface area contributed by atoms with E-state index in [1.807, 2.05) is 38.1 Å². The van der Waals surface area contributed by atoms with E-state index in [0.29, 0.717) is 31.6 Å². The maximum absolute atomic E-state index is 13.0. The molecule has 1 aliphatic heterocycles. The van der Waals surface area contributed by atoms with E-state index in [1.165, 1.54) is 16.4 Å². The van der Waals surface area contributed by atoms with E-state index in [4.69, 9.17) is 0 Å². The first-order chi connectivity index (χ1) is 12.0. The van der Waals surface area contributed by atoms with E-state index in [9.17, 15) is 13.2 Å². The van der Waals surface area contributed by atoms with Crippen molar-refractivity contribution < 1.29 is 13.2 Å². The van der Waals surface area contributed by atoms with E-state index in [-0.39, 0.29) is 10.8 Å². The highest BCUT2D eigenvalue weighted by atomic mass is 32.2. The minimum Gasteiger partial charge on any atom is -0.339 e. The van der Waals surface area contributed by atoms with Gasteiger partial charge in [0.2, 0.25) is 0 Å². The summed E-state index contributed by atoms with van der Waals surface area (Å²) in [5.74, 6) is -0.0829. The molecule has 1 aliphatic rings. The highest BCUT2D eigenvalue weighted by Crippen LogP contribution is 2.32. The highest BCUT2D eigenvalue weighted by molar-refractivity contribution is 7.92. The summed E-state index contributed by atoms with van der Waals surface area (Å²) in [5, 5.41) is 0. The van der Waals surface area contributed by atoms with Gasteiger partial charge in [-0.05, 0) is 56.2 Å². The molecule has 6 heteroatoms. The van der Waals surface area contributed by atoms with E-state index < -0.39 is 10.0 Å². The number of fused-ring (bicyclic) bond motifs is 1. The van der Waals surface area contributed by atoms with Crippen molar-refractivity contribution in [2.75, 3.05) is 23.9 Å². The first kappa shape index (κ1) is 17.5. The largest absolute Gasteiger partial charge is 0.339 e. The second-order valence-electron chi connectivity index (χ2n) is 5.96. The molecule has 132 valence electrons. The van der Waals surface area contributed by atoms with Crippen molar-refractivity contribution in [2.24, 2.45) is 0 Å². The molecule has 0 aromatic heterocycles. The number of benzene rings is 2. The van der Waals surface area contributed by atoms with Crippen molar-refractivity contribution in [3.8, 4) is 0 Å². The van der Waals surface area contributed by atoms with E-state index in [1.54, 1.807) is 17.0 Å². The predicted octanol–water partition coefficient (Wildman–Crippen LogP) is 2.92. The Labute approximate surface area is 148 Å². The summed E-state index contributed by atoms with van der Waals surface area (Å²) < 4.78 is 27.4. The third-order valence-electron chi connectivity index (χ3n) is 4.58. The standard InChI is InChI=1S/C19H22N2O3S/c1-3-20(4-2)19(22)16-9-11-17(12-10-16)25(23,24)21-14-13-15-7-5-6-8-18(15)21/h5-12H,3-4,13-14H2,1-2H3. The van der Waals surface area contributed by atoms with Crippen molar-refractivity contribution in [3.05, 3.63) is 59.7 Å². The molecule has 0 spiro atoms. The Morgan fingerprint density at radius 3 is 2.32 bits per heavy atom. The number of carbonyl (C=O) groups is 1. The van der Waals surface area contributed by atoms with Gasteiger partial charge in [-0.15, -0.1) is 0 Å². The molecule has 0 atom stereocenters. The van der Waals surface area contributed by atoms with Gasteiger partial charge in [-0.1, -0.05) is 18.2 Å². The van der Waals surface area contributed by atoms with Crippen LogP contribution in [0.4, 0.5) is 5.69 Å². The Morgan fingerprint density at radius 2 is 1.68 bits per heavy atom. The lowest BCUT2D eigenvalue weighted by molar-refractivity contribution is 0.0773. The fourth-order valence-corrected chi connectivity index (χ4v) is 4.65. The fraction of sp³-hybridized carbons (Fsp3) is 0.316. The molecule has 0 unspecified atom stereocenters. The first-order valence-corrected chi connectivity index (χ1v) is 9.93. The molecular formula is C19H22N2O3S. The third kappa shape index (κ3) is 3.14. The SMILES string of the molecule is CCN(CC)C(=O)c1ccc(S(=O)(=O)N2CCc3ccccc32)cc1. The van der Waals surface area contributed by atoms with Crippen molar-refractivity contribution >= 4 is 21.6 Å². The lowest BCUT2D eigenvalue weighted by Crippen LogP contribution is -2.31. The number of anilines is 1. The number of amides is 1. The topological polar surface area (TPSA) is 57.7 Å². The molecule has 5 nitrogen and oxygen atoms in total. The molecule has 0 radical (unpaired) electrons. The quantitative estimate of drug-likeness (QED) is 0.826. The van der Waals surface area contributed by atoms with Crippen LogP contribution in [0.3, 0.4) is 0 Å². The predicted molar refractivity (Wildman–Crippen MR) is 98.4 cm³/mol. The summed E-state index contributed by atoms with van der Waals surface area (Å²) in [5.41, 5.74) is 2.29. The van der Waals surface area contributed by atoms with Gasteiger partial charge in [0.15, 0.2) is 0 Å². The van der Waals surface area contributed by atoms with Gasteiger partial charge in [0, 0.05) is 25.2 Å². The number of para-hydroxylation sites is 1. The summed E-state index contributed by atoms with van der Waals surface area (Å²) in [6, 6.07) is 13.8. The second-order valence-corrected chi connectivity index (χ2v) is 7.82. The van der Waals surface area contributed by atoms with Gasteiger partial charge in [-0.25, -0.2) is 8.42 Å². The van der Waals surface area contributed by atoms with Crippen molar-refractivity contribution in [1.29, 1.82) is 0 Å². The molecule has 0 saturated carbocycles. The molecule has 25 heavy (non-hydrogen) atoms. The van der Waals surface area contributed by atoms with Crippen LogP contribution < -0.4 is 4.31 Å². The average Bonchev–Trinajstić information content (AvgIpc) is 3.07. The van der Waals surface area contributed by atoms with E-state index in [0.717, 1.165) is 11.3 Å². The summed E-state index contributed by atoms with van der Waals surface area (Å²) in [4.78, 5) is 14.3. The number of nitrogens with zero attached hydrogens (tertiary/aromatic N) is 2. The smallest absolute Gasteiger partial charge is 0.264 e. The molecule has 0 fully saturated rings. The summed E-state index contributed by atoms with van der Waals surface area (Å²) in [7, 11) is -3.62. The summed E-state index contributed by atoms with van der Waals surface area (Å²) in [6.45, 7) is 5.54. The zero-order valence-corrected chi connectivity index (χ0v) is 15.3. The second kappa shape index (κ2) is 6.88. The molecule has 0 bridgehead atoms. The van der Waals surface area contributed by atoms with Gasteiger partial charge in [0.05, 0.1) is 10.6 Å². The van der Waals surface area contributed by atoms with Gasteiger partial charge in [0.1, 0.15) is 0 Å². The number of hydrogen-bond donors (Lipinski definition) is 0. The Bertz CT molecular complexity index is 872. The molecule has 1 amide bonds. The lowest BCUT2D eigenvalue weighted by Gasteiger charge is -2.21. The zero-order valence-electron chi connectivity index (χ0n) is 14.5. The van der Waals surface area contributed by atoms with Crippen LogP contribution in [-0.4, -0.2) is 38.9 Å². The zero-order chi connectivity index (χ0) is 18.0. The van der Waals surface area contributed by atoms with Gasteiger partial charge < -0.3 is 4.90 Å². The van der Waals surface area contributed by atoms with E-state index in [2.05, 4.69) is 0 Å². The van der Waals surface area contributed by atoms with Gasteiger partial charge >= 0.3 is 0 Å². The van der Waals surface area contributed by atoms with Crippen LogP contribution in [0.5, 0.6) is 0 Å². The Balaban J connectivity index is 1.89. The molecular weight excluding hydrogens is 336 g/mol. The summed E-state index contributed by atoms with van der Waals surface area (Å²) >= 11 is 0. The molecule has 0 N–H and O–H groups in total. The monoisotopic (exact) mass is 358 g/mol. The van der Waals surface area contributed by atoms with Crippen LogP contribution in [0.2, 0.25) is 0 Å². The highest BCUT2D eigenvalue weighted by Gasteiger charge is 2.30. The van der Waals surface area contributed by atoms with Crippen LogP contribution in [0.25, 0.3) is 0 Å². The number of hydrogen-bond acceptors (Lipinski definition) is 3. The fourth-order valence-electron chi connectivity index (χ4n) is 3.15. The average molecular weight is 358 g/mol. The van der Waals surface area contributed by atoms with Crippen LogP contribution in [0, 0.1) is 0 Å². The third-order valence-corrected chi connectivity index (χ3v) is 6.41. The minimum atomic E-state index is -3.62. The van der Waals surface area contributed by atoms with Gasteiger partial charge in [-0.2, -0.15) is 0 Å². The number of rotatable bonds is 5. The number of sulfonamides is 1. The van der Waals surface area contributed by atoms with E-state index >= 15 is 0 Å². The summed E-state index contributed by atoms with van der Waals surface area (Å²) in [6.07, 6.45) is 0.716. The molecule has 2 aromatic carbocycles. The Hall–Kier alpha value is -2.34. The normalized spacial score (nSPS) is 13.6. The minimum absolute atomic E-state index is 0.0829. The first-order valence-electron chi connectivity index (χ1n) is 8.49. The molecule has 0 aliphatic carbocycles. The van der Waals surface area contributed by atoms with Crippen LogP contribution >= 0.6 is 0 Å². The molecule has 1 heterocycles. The Morgan fingerprint density at radius 1 is 1.04 bits per heavy atom. The van der Waals surface area contributed by atoms with Crippen molar-refractivity contribution in [1.82, 2.24) is 4.90 Å². The van der Waals surface area contributed by atoms with Gasteiger partial charge in [-0.3, -0.25) is 9.10 Å². The van der Waals surface area contributed by atoms with Crippen LogP contribution in [0.1, 0.15) is 29.8 Å². The van der Waals surface area contributed by atoms with Gasteiger partial charge in [0.25, 0.3) is 15.9 Å². The lowest BCUT2D eigenvalue weighted by atomic mass is 10.2. The molecule has 0 saturated heterocycles. The maximum Gasteiger partial charge on any atom is 0.264 e.